The van der Waals surface area contributed by atoms with Crippen molar-refractivity contribution in [1.29, 1.82) is 0 Å². The van der Waals surface area contributed by atoms with Crippen molar-refractivity contribution in [1.82, 2.24) is 4.31 Å². The molecule has 0 unspecified atom stereocenters. The summed E-state index contributed by atoms with van der Waals surface area (Å²) in [5.74, 6) is -0.0511. The standard InChI is InChI=1S/C23H30N2O7S/c1-6-30-21-12-17(10-11-20(21)31-14-16(2)3)23(27)32-15-22(26)24-18-8-7-9-19(13-18)33(28,29)25(4)5/h7-13,16H,6,14-15H2,1-5H3,(H,24,26). The molecular formula is C23H30N2O7S. The molecule has 180 valence electrons. The minimum absolute atomic E-state index is 0.0329. The van der Waals surface area contributed by atoms with Crippen LogP contribution in [0.2, 0.25) is 0 Å². The molecule has 33 heavy (non-hydrogen) atoms. The molecule has 0 bridgehead atoms. The second kappa shape index (κ2) is 11.7. The fourth-order valence-electron chi connectivity index (χ4n) is 2.64. The summed E-state index contributed by atoms with van der Waals surface area (Å²) >= 11 is 0. The lowest BCUT2D eigenvalue weighted by Crippen LogP contribution is -2.23. The zero-order valence-electron chi connectivity index (χ0n) is 19.5. The smallest absolute Gasteiger partial charge is 0.338 e. The molecule has 2 aromatic rings. The summed E-state index contributed by atoms with van der Waals surface area (Å²) in [5.41, 5.74) is 0.478. The number of nitrogens with zero attached hydrogens (tertiary/aromatic N) is 1. The molecule has 0 radical (unpaired) electrons. The topological polar surface area (TPSA) is 111 Å². The lowest BCUT2D eigenvalue weighted by molar-refractivity contribution is -0.119. The number of amides is 1. The maximum Gasteiger partial charge on any atom is 0.338 e. The Morgan fingerprint density at radius 1 is 1.03 bits per heavy atom. The summed E-state index contributed by atoms with van der Waals surface area (Å²) in [7, 11) is -0.811. The monoisotopic (exact) mass is 478 g/mol. The summed E-state index contributed by atoms with van der Waals surface area (Å²) in [5, 5.41) is 2.52. The van der Waals surface area contributed by atoms with Crippen molar-refractivity contribution in [2.45, 2.75) is 25.7 Å². The van der Waals surface area contributed by atoms with Crippen LogP contribution in [0.1, 0.15) is 31.1 Å². The van der Waals surface area contributed by atoms with Crippen LogP contribution in [0.15, 0.2) is 47.4 Å². The van der Waals surface area contributed by atoms with Gasteiger partial charge in [0.1, 0.15) is 0 Å². The minimum Gasteiger partial charge on any atom is -0.490 e. The Hall–Kier alpha value is -3.11. The fraction of sp³-hybridized carbons (Fsp3) is 0.391. The molecule has 0 aliphatic rings. The molecule has 9 nitrogen and oxygen atoms in total. The molecule has 0 aliphatic heterocycles. The van der Waals surface area contributed by atoms with Crippen LogP contribution in [0.5, 0.6) is 11.5 Å². The van der Waals surface area contributed by atoms with Crippen LogP contribution in [-0.4, -0.2) is 58.5 Å². The van der Waals surface area contributed by atoms with Crippen molar-refractivity contribution in [2.75, 3.05) is 39.2 Å². The molecule has 1 amide bonds. The maximum atomic E-state index is 12.4. The van der Waals surface area contributed by atoms with Gasteiger partial charge in [-0.25, -0.2) is 17.5 Å². The van der Waals surface area contributed by atoms with Gasteiger partial charge in [-0.05, 0) is 49.2 Å². The molecule has 0 spiro atoms. The summed E-state index contributed by atoms with van der Waals surface area (Å²) in [4.78, 5) is 24.7. The predicted octanol–water partition coefficient (Wildman–Crippen LogP) is 3.17. The van der Waals surface area contributed by atoms with Crippen LogP contribution in [-0.2, 0) is 19.6 Å². The number of carbonyl (C=O) groups excluding carboxylic acids is 2. The number of hydrogen-bond acceptors (Lipinski definition) is 7. The third-order valence-electron chi connectivity index (χ3n) is 4.28. The predicted molar refractivity (Wildman–Crippen MR) is 124 cm³/mol. The van der Waals surface area contributed by atoms with Crippen molar-refractivity contribution >= 4 is 27.6 Å². The van der Waals surface area contributed by atoms with Crippen molar-refractivity contribution in [3.63, 3.8) is 0 Å². The highest BCUT2D eigenvalue weighted by Crippen LogP contribution is 2.29. The SMILES string of the molecule is CCOc1cc(C(=O)OCC(=O)Nc2cccc(S(=O)(=O)N(C)C)c2)ccc1OCC(C)C. The normalized spacial score (nSPS) is 11.4. The number of benzene rings is 2. The molecule has 0 aromatic heterocycles. The number of rotatable bonds is 11. The molecule has 0 aliphatic carbocycles. The van der Waals surface area contributed by atoms with Crippen LogP contribution in [0, 0.1) is 5.92 Å². The highest BCUT2D eigenvalue weighted by Gasteiger charge is 2.18. The molecule has 2 aromatic carbocycles. The Balaban J connectivity index is 2.02. The van der Waals surface area contributed by atoms with Crippen LogP contribution in [0.25, 0.3) is 0 Å². The van der Waals surface area contributed by atoms with Gasteiger partial charge in [0.05, 0.1) is 23.7 Å². The van der Waals surface area contributed by atoms with Gasteiger partial charge in [-0.2, -0.15) is 0 Å². The van der Waals surface area contributed by atoms with E-state index in [1.165, 1.54) is 44.4 Å². The van der Waals surface area contributed by atoms with E-state index in [1.807, 2.05) is 20.8 Å². The first-order valence-corrected chi connectivity index (χ1v) is 11.9. The summed E-state index contributed by atoms with van der Waals surface area (Å²) < 4.78 is 41.9. The molecule has 0 heterocycles. The Kier molecular flexibility index (Phi) is 9.24. The van der Waals surface area contributed by atoms with E-state index in [4.69, 9.17) is 14.2 Å². The van der Waals surface area contributed by atoms with E-state index in [2.05, 4.69) is 5.32 Å². The molecule has 0 atom stereocenters. The van der Waals surface area contributed by atoms with Gasteiger partial charge in [0.25, 0.3) is 5.91 Å². The first-order valence-electron chi connectivity index (χ1n) is 10.4. The van der Waals surface area contributed by atoms with Gasteiger partial charge >= 0.3 is 5.97 Å². The second-order valence-corrected chi connectivity index (χ2v) is 9.89. The van der Waals surface area contributed by atoms with E-state index in [9.17, 15) is 18.0 Å². The summed E-state index contributed by atoms with van der Waals surface area (Å²) in [6.45, 7) is 6.21. The summed E-state index contributed by atoms with van der Waals surface area (Å²) in [6, 6.07) is 10.5. The van der Waals surface area contributed by atoms with Crippen LogP contribution < -0.4 is 14.8 Å². The highest BCUT2D eigenvalue weighted by atomic mass is 32.2. The zero-order chi connectivity index (χ0) is 24.6. The van der Waals surface area contributed by atoms with E-state index < -0.39 is 28.5 Å². The zero-order valence-corrected chi connectivity index (χ0v) is 20.3. The lowest BCUT2D eigenvalue weighted by atomic mass is 10.2. The van der Waals surface area contributed by atoms with E-state index in [0.29, 0.717) is 30.6 Å². The van der Waals surface area contributed by atoms with Crippen LogP contribution in [0.3, 0.4) is 0 Å². The van der Waals surface area contributed by atoms with Crippen molar-refractivity contribution in [2.24, 2.45) is 5.92 Å². The lowest BCUT2D eigenvalue weighted by Gasteiger charge is -2.14. The Labute approximate surface area is 194 Å². The highest BCUT2D eigenvalue weighted by molar-refractivity contribution is 7.89. The van der Waals surface area contributed by atoms with Gasteiger partial charge in [0, 0.05) is 19.8 Å². The number of hydrogen-bond donors (Lipinski definition) is 1. The van der Waals surface area contributed by atoms with Gasteiger partial charge in [-0.15, -0.1) is 0 Å². The number of anilines is 1. The van der Waals surface area contributed by atoms with E-state index in [-0.39, 0.29) is 16.1 Å². The van der Waals surface area contributed by atoms with Crippen molar-refractivity contribution < 1.29 is 32.2 Å². The molecule has 2 rings (SSSR count). The van der Waals surface area contributed by atoms with Gasteiger partial charge in [-0.3, -0.25) is 4.79 Å². The molecule has 0 saturated heterocycles. The maximum absolute atomic E-state index is 12.4. The minimum atomic E-state index is -3.64. The Bertz CT molecular complexity index is 1080. The molecule has 0 saturated carbocycles. The van der Waals surface area contributed by atoms with E-state index in [0.717, 1.165) is 4.31 Å². The first-order chi connectivity index (χ1) is 15.5. The van der Waals surface area contributed by atoms with Gasteiger partial charge in [0.2, 0.25) is 10.0 Å². The molecule has 0 fully saturated rings. The van der Waals surface area contributed by atoms with E-state index >= 15 is 0 Å². The third-order valence-corrected chi connectivity index (χ3v) is 6.09. The average Bonchev–Trinajstić information content (AvgIpc) is 2.76. The largest absolute Gasteiger partial charge is 0.490 e. The van der Waals surface area contributed by atoms with Gasteiger partial charge in [-0.1, -0.05) is 19.9 Å². The fourth-order valence-corrected chi connectivity index (χ4v) is 3.58. The van der Waals surface area contributed by atoms with Crippen LogP contribution >= 0.6 is 0 Å². The number of nitrogens with one attached hydrogen (secondary N) is 1. The van der Waals surface area contributed by atoms with Gasteiger partial charge in [0.15, 0.2) is 18.1 Å². The number of carbonyl (C=O) groups is 2. The van der Waals surface area contributed by atoms with Crippen LogP contribution in [0.4, 0.5) is 5.69 Å². The Morgan fingerprint density at radius 2 is 1.76 bits per heavy atom. The first kappa shape index (κ1) is 26.1. The average molecular weight is 479 g/mol. The summed E-state index contributed by atoms with van der Waals surface area (Å²) in [6.07, 6.45) is 0. The molecule has 10 heteroatoms. The molecule has 1 N–H and O–H groups in total. The molecular weight excluding hydrogens is 448 g/mol. The van der Waals surface area contributed by atoms with Crippen molar-refractivity contribution in [3.05, 3.63) is 48.0 Å². The Morgan fingerprint density at radius 3 is 2.39 bits per heavy atom. The number of sulfonamides is 1. The van der Waals surface area contributed by atoms with E-state index in [1.54, 1.807) is 12.1 Å². The second-order valence-electron chi connectivity index (χ2n) is 7.74. The van der Waals surface area contributed by atoms with Gasteiger partial charge < -0.3 is 19.5 Å². The van der Waals surface area contributed by atoms with Crippen molar-refractivity contribution in [3.8, 4) is 11.5 Å². The number of esters is 1. The third kappa shape index (κ3) is 7.47. The quantitative estimate of drug-likeness (QED) is 0.494. The number of ether oxygens (including phenoxy) is 3.